The van der Waals surface area contributed by atoms with Gasteiger partial charge in [0.1, 0.15) is 17.4 Å². The van der Waals surface area contributed by atoms with Gasteiger partial charge in [-0.15, -0.1) is 0 Å². The zero-order valence-corrected chi connectivity index (χ0v) is 14.5. The lowest BCUT2D eigenvalue weighted by molar-refractivity contribution is -0.111. The second-order valence-electron chi connectivity index (χ2n) is 5.64. The van der Waals surface area contributed by atoms with Gasteiger partial charge in [-0.1, -0.05) is 36.4 Å². The third-order valence-electron chi connectivity index (χ3n) is 3.76. The molecular formula is C19H21N5O2. The summed E-state index contributed by atoms with van der Waals surface area (Å²) in [4.78, 5) is 23.5. The van der Waals surface area contributed by atoms with Gasteiger partial charge in [0, 0.05) is 25.2 Å². The van der Waals surface area contributed by atoms with Crippen molar-refractivity contribution in [3.05, 3.63) is 60.6 Å². The predicted molar refractivity (Wildman–Crippen MR) is 101 cm³/mol. The van der Waals surface area contributed by atoms with Gasteiger partial charge < -0.3 is 20.4 Å². The number of hydrogen-bond donors (Lipinski definition) is 3. The number of likely N-dealkylation sites (N-methyl/N-ethyl adjacent to an activating group) is 1. The first-order valence-electron chi connectivity index (χ1n) is 8.39. The Labute approximate surface area is 151 Å². The molecule has 0 aliphatic carbocycles. The molecule has 0 aliphatic rings. The minimum Gasteiger partial charge on any atom is -0.477 e. The maximum atomic E-state index is 12.0. The van der Waals surface area contributed by atoms with E-state index in [1.54, 1.807) is 12.3 Å². The summed E-state index contributed by atoms with van der Waals surface area (Å²) in [7, 11) is 1.82. The molecule has 0 saturated heterocycles. The molecule has 1 amide bonds. The number of H-pyrrole nitrogens is 1. The van der Waals surface area contributed by atoms with Crippen molar-refractivity contribution in [2.45, 2.75) is 6.42 Å². The van der Waals surface area contributed by atoms with Crippen LogP contribution in [0, 0.1) is 0 Å². The molecule has 3 aromatic rings. The van der Waals surface area contributed by atoms with Crippen LogP contribution >= 0.6 is 0 Å². The van der Waals surface area contributed by atoms with Crippen LogP contribution < -0.4 is 15.4 Å². The molecule has 2 heterocycles. The van der Waals surface area contributed by atoms with Gasteiger partial charge in [0.05, 0.1) is 12.3 Å². The number of ether oxygens (including phenoxy) is 1. The molecule has 1 aromatic carbocycles. The van der Waals surface area contributed by atoms with E-state index in [-0.39, 0.29) is 5.91 Å². The van der Waals surface area contributed by atoms with Crippen LogP contribution in [0.25, 0.3) is 11.0 Å². The molecule has 3 rings (SSSR count). The Hall–Kier alpha value is -3.19. The Morgan fingerprint density at radius 3 is 2.92 bits per heavy atom. The molecule has 26 heavy (non-hydrogen) atoms. The number of nitrogens with one attached hydrogen (secondary N) is 3. The van der Waals surface area contributed by atoms with Gasteiger partial charge in [0.25, 0.3) is 0 Å². The molecule has 0 atom stereocenters. The average Bonchev–Trinajstić information content (AvgIpc) is 3.06. The quantitative estimate of drug-likeness (QED) is 0.542. The smallest absolute Gasteiger partial charge is 0.248 e. The standard InChI is InChI=1S/C19H21N5O2/c1-20-10-5-8-16(25)24-15-12-21-18-17(15)19(23-13-22-18)26-11-9-14-6-3-2-4-7-14/h2-8,12-13,20H,9-11H2,1H3,(H,24,25)(H,21,22,23). The highest BCUT2D eigenvalue weighted by atomic mass is 16.5. The van der Waals surface area contributed by atoms with E-state index in [1.165, 1.54) is 18.0 Å². The second kappa shape index (κ2) is 8.77. The highest BCUT2D eigenvalue weighted by molar-refractivity contribution is 6.06. The maximum absolute atomic E-state index is 12.0. The molecule has 0 bridgehead atoms. The number of rotatable bonds is 8. The van der Waals surface area contributed by atoms with Gasteiger partial charge in [-0.3, -0.25) is 4.79 Å². The molecule has 0 radical (unpaired) electrons. The summed E-state index contributed by atoms with van der Waals surface area (Å²) in [5.74, 6) is 0.224. The SMILES string of the molecule is CNCC=CC(=O)Nc1c[nH]c2ncnc(OCCc3ccccc3)c12. The molecule has 0 fully saturated rings. The minimum atomic E-state index is -0.222. The number of carbonyl (C=O) groups is 1. The van der Waals surface area contributed by atoms with Gasteiger partial charge in [0.15, 0.2) is 0 Å². The molecule has 2 aromatic heterocycles. The third kappa shape index (κ3) is 4.46. The second-order valence-corrected chi connectivity index (χ2v) is 5.64. The van der Waals surface area contributed by atoms with E-state index < -0.39 is 0 Å². The summed E-state index contributed by atoms with van der Waals surface area (Å²) in [5, 5.41) is 6.43. The predicted octanol–water partition coefficient (Wildman–Crippen LogP) is 2.29. The topological polar surface area (TPSA) is 91.9 Å². The van der Waals surface area contributed by atoms with Gasteiger partial charge in [-0.2, -0.15) is 0 Å². The first kappa shape index (κ1) is 17.6. The van der Waals surface area contributed by atoms with Crippen molar-refractivity contribution >= 4 is 22.6 Å². The third-order valence-corrected chi connectivity index (χ3v) is 3.76. The molecule has 0 spiro atoms. The largest absolute Gasteiger partial charge is 0.477 e. The van der Waals surface area contributed by atoms with Crippen molar-refractivity contribution in [1.82, 2.24) is 20.3 Å². The molecule has 0 saturated carbocycles. The van der Waals surface area contributed by atoms with E-state index in [0.29, 0.717) is 35.8 Å². The van der Waals surface area contributed by atoms with E-state index in [1.807, 2.05) is 25.2 Å². The molecule has 7 nitrogen and oxygen atoms in total. The monoisotopic (exact) mass is 351 g/mol. The number of hydrogen-bond acceptors (Lipinski definition) is 5. The fraction of sp³-hybridized carbons (Fsp3) is 0.211. The zero-order chi connectivity index (χ0) is 18.2. The number of anilines is 1. The number of aromatic amines is 1. The summed E-state index contributed by atoms with van der Waals surface area (Å²) >= 11 is 0. The summed E-state index contributed by atoms with van der Waals surface area (Å²) < 4.78 is 5.85. The normalized spacial score (nSPS) is 11.1. The van der Waals surface area contributed by atoms with Gasteiger partial charge >= 0.3 is 0 Å². The fourth-order valence-corrected chi connectivity index (χ4v) is 2.51. The zero-order valence-electron chi connectivity index (χ0n) is 14.5. The lowest BCUT2D eigenvalue weighted by Crippen LogP contribution is -2.10. The van der Waals surface area contributed by atoms with Crippen molar-refractivity contribution < 1.29 is 9.53 Å². The van der Waals surface area contributed by atoms with Crippen LogP contribution in [-0.2, 0) is 11.2 Å². The highest BCUT2D eigenvalue weighted by Gasteiger charge is 2.13. The van der Waals surface area contributed by atoms with E-state index in [9.17, 15) is 4.79 Å². The van der Waals surface area contributed by atoms with Gasteiger partial charge in [0.2, 0.25) is 11.8 Å². The molecule has 134 valence electrons. The number of amides is 1. The van der Waals surface area contributed by atoms with Crippen molar-refractivity contribution in [3.8, 4) is 5.88 Å². The van der Waals surface area contributed by atoms with Crippen molar-refractivity contribution in [2.24, 2.45) is 0 Å². The van der Waals surface area contributed by atoms with E-state index in [2.05, 4.69) is 37.7 Å². The van der Waals surface area contributed by atoms with Gasteiger partial charge in [-0.05, 0) is 12.6 Å². The highest BCUT2D eigenvalue weighted by Crippen LogP contribution is 2.29. The lowest BCUT2D eigenvalue weighted by Gasteiger charge is -2.08. The average molecular weight is 351 g/mol. The van der Waals surface area contributed by atoms with Crippen molar-refractivity contribution in [2.75, 3.05) is 25.5 Å². The molecule has 3 N–H and O–H groups in total. The van der Waals surface area contributed by atoms with E-state index in [4.69, 9.17) is 4.74 Å². The summed E-state index contributed by atoms with van der Waals surface area (Å²) in [6.07, 6.45) is 7.13. The lowest BCUT2D eigenvalue weighted by atomic mass is 10.2. The summed E-state index contributed by atoms with van der Waals surface area (Å²) in [6, 6.07) is 10.1. The van der Waals surface area contributed by atoms with Crippen LogP contribution in [0.5, 0.6) is 5.88 Å². The van der Waals surface area contributed by atoms with Crippen LogP contribution in [0.2, 0.25) is 0 Å². The van der Waals surface area contributed by atoms with Crippen molar-refractivity contribution in [3.63, 3.8) is 0 Å². The van der Waals surface area contributed by atoms with Crippen LogP contribution in [0.3, 0.4) is 0 Å². The minimum absolute atomic E-state index is 0.222. The number of benzene rings is 1. The van der Waals surface area contributed by atoms with E-state index in [0.717, 1.165) is 6.42 Å². The summed E-state index contributed by atoms with van der Waals surface area (Å²) in [5.41, 5.74) is 2.40. The van der Waals surface area contributed by atoms with Crippen LogP contribution in [0.4, 0.5) is 5.69 Å². The molecular weight excluding hydrogens is 330 g/mol. The maximum Gasteiger partial charge on any atom is 0.248 e. The first-order chi connectivity index (χ1) is 12.8. The number of nitrogens with zero attached hydrogens (tertiary/aromatic N) is 2. The van der Waals surface area contributed by atoms with Gasteiger partial charge in [-0.25, -0.2) is 9.97 Å². The van der Waals surface area contributed by atoms with Crippen LogP contribution in [-0.4, -0.2) is 41.1 Å². The molecule has 0 aliphatic heterocycles. The number of fused-ring (bicyclic) bond motifs is 1. The van der Waals surface area contributed by atoms with Crippen LogP contribution in [0.15, 0.2) is 55.0 Å². The first-order valence-corrected chi connectivity index (χ1v) is 8.39. The Morgan fingerprint density at radius 1 is 1.27 bits per heavy atom. The summed E-state index contributed by atoms with van der Waals surface area (Å²) in [6.45, 7) is 1.11. The Balaban J connectivity index is 1.72. The van der Waals surface area contributed by atoms with Crippen LogP contribution in [0.1, 0.15) is 5.56 Å². The fourth-order valence-electron chi connectivity index (χ4n) is 2.51. The van der Waals surface area contributed by atoms with E-state index >= 15 is 0 Å². The number of aromatic nitrogens is 3. The molecule has 0 unspecified atom stereocenters. The Kier molecular flexibility index (Phi) is 5.95. The Bertz CT molecular complexity index is 889. The molecule has 7 heteroatoms. The Morgan fingerprint density at radius 2 is 2.12 bits per heavy atom. The number of carbonyl (C=O) groups excluding carboxylic acids is 1. The van der Waals surface area contributed by atoms with Crippen molar-refractivity contribution in [1.29, 1.82) is 0 Å².